The molecule has 0 aliphatic heterocycles. The average molecular weight is 322 g/mol. The average Bonchev–Trinajstić information content (AvgIpc) is 3.09. The number of hydrogen-bond donors (Lipinski definition) is 1. The number of aryl methyl sites for hydroxylation is 3. The summed E-state index contributed by atoms with van der Waals surface area (Å²) in [7, 11) is 1.91. The highest BCUT2D eigenvalue weighted by Crippen LogP contribution is 2.29. The second-order valence-electron chi connectivity index (χ2n) is 5.09. The number of rotatable bonds is 5. The van der Waals surface area contributed by atoms with E-state index in [1.807, 2.05) is 11.6 Å². The summed E-state index contributed by atoms with van der Waals surface area (Å²) < 4.78 is 1.87. The van der Waals surface area contributed by atoms with E-state index in [9.17, 15) is 4.79 Å². The van der Waals surface area contributed by atoms with Crippen LogP contribution in [0.5, 0.6) is 0 Å². The van der Waals surface area contributed by atoms with Gasteiger partial charge in [-0.15, -0.1) is 21.5 Å². The van der Waals surface area contributed by atoms with Gasteiger partial charge < -0.3 is 9.88 Å². The van der Waals surface area contributed by atoms with Crippen molar-refractivity contribution in [3.63, 3.8) is 0 Å². The highest BCUT2D eigenvalue weighted by molar-refractivity contribution is 7.99. The Hall–Kier alpha value is -1.34. The van der Waals surface area contributed by atoms with Gasteiger partial charge in [0.05, 0.1) is 4.88 Å². The molecule has 0 aromatic carbocycles. The van der Waals surface area contributed by atoms with Crippen molar-refractivity contribution in [2.75, 3.05) is 12.3 Å². The van der Waals surface area contributed by atoms with Gasteiger partial charge >= 0.3 is 0 Å². The van der Waals surface area contributed by atoms with Gasteiger partial charge in [-0.2, -0.15) is 0 Å². The molecular formula is C14H18N4OS2. The Bertz CT molecular complexity index is 611. The molecule has 7 heteroatoms. The second-order valence-corrected chi connectivity index (χ2v) is 7.29. The van der Waals surface area contributed by atoms with Crippen LogP contribution in [0.3, 0.4) is 0 Å². The van der Waals surface area contributed by atoms with Crippen molar-refractivity contribution in [3.05, 3.63) is 27.7 Å². The van der Waals surface area contributed by atoms with E-state index in [1.165, 1.54) is 23.3 Å². The quantitative estimate of drug-likeness (QED) is 0.678. The van der Waals surface area contributed by atoms with E-state index in [0.29, 0.717) is 6.54 Å². The van der Waals surface area contributed by atoms with Crippen molar-refractivity contribution >= 4 is 29.0 Å². The van der Waals surface area contributed by atoms with Gasteiger partial charge in [0, 0.05) is 24.2 Å². The zero-order valence-electron chi connectivity index (χ0n) is 12.0. The van der Waals surface area contributed by atoms with Crippen LogP contribution in [0.1, 0.15) is 33.0 Å². The molecule has 0 bridgehead atoms. The summed E-state index contributed by atoms with van der Waals surface area (Å²) in [5, 5.41) is 11.7. The molecule has 1 aliphatic carbocycles. The Morgan fingerprint density at radius 1 is 1.48 bits per heavy atom. The van der Waals surface area contributed by atoms with E-state index in [-0.39, 0.29) is 5.91 Å². The third kappa shape index (κ3) is 3.47. The first kappa shape index (κ1) is 14.6. The summed E-state index contributed by atoms with van der Waals surface area (Å²) in [6, 6.07) is 2.07. The molecule has 2 aromatic heterocycles. The van der Waals surface area contributed by atoms with Crippen molar-refractivity contribution in [3.8, 4) is 0 Å². The maximum Gasteiger partial charge on any atom is 0.261 e. The number of carbonyl (C=O) groups is 1. The van der Waals surface area contributed by atoms with Gasteiger partial charge in [0.15, 0.2) is 5.16 Å². The lowest BCUT2D eigenvalue weighted by atomic mass is 9.99. The Balaban J connectivity index is 1.48. The Morgan fingerprint density at radius 2 is 2.33 bits per heavy atom. The fourth-order valence-corrected chi connectivity index (χ4v) is 4.31. The zero-order valence-corrected chi connectivity index (χ0v) is 13.6. The van der Waals surface area contributed by atoms with E-state index in [1.54, 1.807) is 29.4 Å². The molecular weight excluding hydrogens is 304 g/mol. The van der Waals surface area contributed by atoms with Crippen molar-refractivity contribution < 1.29 is 4.79 Å². The molecule has 2 aromatic rings. The van der Waals surface area contributed by atoms with Crippen LogP contribution in [0, 0.1) is 0 Å². The van der Waals surface area contributed by atoms with Crippen LogP contribution in [0.2, 0.25) is 0 Å². The fourth-order valence-electron chi connectivity index (χ4n) is 2.40. The van der Waals surface area contributed by atoms with Gasteiger partial charge in [0.25, 0.3) is 5.91 Å². The van der Waals surface area contributed by atoms with Gasteiger partial charge in [-0.05, 0) is 37.3 Å². The molecule has 1 amide bonds. The molecule has 5 nitrogen and oxygen atoms in total. The van der Waals surface area contributed by atoms with Crippen molar-refractivity contribution in [1.82, 2.24) is 20.1 Å². The standard InChI is InChI=1S/C14H18N4OS2/c1-18-9-16-17-14(18)20-7-6-15-13(19)12-8-10-4-2-3-5-11(10)21-12/h8-9H,2-7H2,1H3,(H,15,19). The summed E-state index contributed by atoms with van der Waals surface area (Å²) in [6.45, 7) is 0.638. The number of nitrogens with zero attached hydrogens (tertiary/aromatic N) is 3. The number of hydrogen-bond acceptors (Lipinski definition) is 5. The third-order valence-corrected chi connectivity index (χ3v) is 5.78. The van der Waals surface area contributed by atoms with E-state index in [0.717, 1.165) is 28.6 Å². The fraction of sp³-hybridized carbons (Fsp3) is 0.500. The number of thioether (sulfide) groups is 1. The first-order valence-electron chi connectivity index (χ1n) is 7.10. The Kier molecular flexibility index (Phi) is 4.60. The molecule has 0 saturated heterocycles. The van der Waals surface area contributed by atoms with Gasteiger partial charge in [-0.3, -0.25) is 4.79 Å². The predicted molar refractivity (Wildman–Crippen MR) is 85.0 cm³/mol. The van der Waals surface area contributed by atoms with Gasteiger partial charge in [-0.25, -0.2) is 0 Å². The highest BCUT2D eigenvalue weighted by atomic mass is 32.2. The molecule has 0 unspecified atom stereocenters. The number of nitrogens with one attached hydrogen (secondary N) is 1. The van der Waals surface area contributed by atoms with E-state index in [4.69, 9.17) is 0 Å². The molecule has 3 rings (SSSR count). The van der Waals surface area contributed by atoms with Crippen LogP contribution in [0.15, 0.2) is 17.6 Å². The van der Waals surface area contributed by atoms with Crippen LogP contribution >= 0.6 is 23.1 Å². The van der Waals surface area contributed by atoms with Crippen LogP contribution in [-0.4, -0.2) is 33.0 Å². The summed E-state index contributed by atoms with van der Waals surface area (Å²) in [5.74, 6) is 0.844. The van der Waals surface area contributed by atoms with E-state index < -0.39 is 0 Å². The molecule has 0 fully saturated rings. The maximum absolute atomic E-state index is 12.1. The number of carbonyl (C=O) groups excluding carboxylic acids is 1. The lowest BCUT2D eigenvalue weighted by Gasteiger charge is -2.08. The Morgan fingerprint density at radius 3 is 3.10 bits per heavy atom. The molecule has 0 spiro atoms. The normalized spacial score (nSPS) is 14.0. The highest BCUT2D eigenvalue weighted by Gasteiger charge is 2.16. The summed E-state index contributed by atoms with van der Waals surface area (Å²) >= 11 is 3.25. The minimum atomic E-state index is 0.0490. The molecule has 2 heterocycles. The number of amides is 1. The van der Waals surface area contributed by atoms with Crippen molar-refractivity contribution in [2.24, 2.45) is 7.05 Å². The molecule has 0 radical (unpaired) electrons. The minimum Gasteiger partial charge on any atom is -0.350 e. The van der Waals surface area contributed by atoms with Gasteiger partial charge in [0.1, 0.15) is 6.33 Å². The van der Waals surface area contributed by atoms with Gasteiger partial charge in [0.2, 0.25) is 0 Å². The molecule has 1 aliphatic rings. The number of thiophene rings is 1. The smallest absolute Gasteiger partial charge is 0.261 e. The number of fused-ring (bicyclic) bond motifs is 1. The molecule has 0 atom stereocenters. The van der Waals surface area contributed by atoms with Crippen molar-refractivity contribution in [2.45, 2.75) is 30.8 Å². The second kappa shape index (κ2) is 6.62. The minimum absolute atomic E-state index is 0.0490. The monoisotopic (exact) mass is 322 g/mol. The topological polar surface area (TPSA) is 59.8 Å². The largest absolute Gasteiger partial charge is 0.350 e. The summed E-state index contributed by atoms with van der Waals surface area (Å²) in [4.78, 5) is 14.4. The SMILES string of the molecule is Cn1cnnc1SCCNC(=O)c1cc2c(s1)CCCC2. The van der Waals surface area contributed by atoms with Crippen LogP contribution in [-0.2, 0) is 19.9 Å². The van der Waals surface area contributed by atoms with Gasteiger partial charge in [-0.1, -0.05) is 11.8 Å². The molecule has 1 N–H and O–H groups in total. The Labute approximate surface area is 132 Å². The summed E-state index contributed by atoms with van der Waals surface area (Å²) in [6.07, 6.45) is 6.44. The van der Waals surface area contributed by atoms with Crippen LogP contribution in [0.25, 0.3) is 0 Å². The zero-order chi connectivity index (χ0) is 14.7. The maximum atomic E-state index is 12.1. The lowest BCUT2D eigenvalue weighted by molar-refractivity contribution is 0.0960. The van der Waals surface area contributed by atoms with Crippen molar-refractivity contribution in [1.29, 1.82) is 0 Å². The summed E-state index contributed by atoms with van der Waals surface area (Å²) in [5.41, 5.74) is 1.38. The van der Waals surface area contributed by atoms with E-state index >= 15 is 0 Å². The lowest BCUT2D eigenvalue weighted by Crippen LogP contribution is -2.25. The molecule has 0 saturated carbocycles. The predicted octanol–water partition coefficient (Wildman–Crippen LogP) is 2.28. The number of aromatic nitrogens is 3. The van der Waals surface area contributed by atoms with Crippen LogP contribution < -0.4 is 5.32 Å². The third-order valence-electron chi connectivity index (χ3n) is 3.51. The molecule has 112 valence electrons. The van der Waals surface area contributed by atoms with Crippen LogP contribution in [0.4, 0.5) is 0 Å². The van der Waals surface area contributed by atoms with E-state index in [2.05, 4.69) is 21.6 Å². The molecule has 21 heavy (non-hydrogen) atoms. The first-order chi connectivity index (χ1) is 10.2. The first-order valence-corrected chi connectivity index (χ1v) is 8.91.